The van der Waals surface area contributed by atoms with Crippen molar-refractivity contribution >= 4 is 50.4 Å². The highest BCUT2D eigenvalue weighted by molar-refractivity contribution is 8.14. The van der Waals surface area contributed by atoms with Crippen molar-refractivity contribution in [3.8, 4) is 0 Å². The molecule has 0 aliphatic carbocycles. The van der Waals surface area contributed by atoms with E-state index in [9.17, 15) is 23.1 Å². The molecule has 31 heavy (non-hydrogen) atoms. The maximum Gasteiger partial charge on any atom is 0.328 e. The predicted molar refractivity (Wildman–Crippen MR) is 121 cm³/mol. The number of amides is 2. The molecule has 2 unspecified atom stereocenters. The van der Waals surface area contributed by atoms with E-state index in [4.69, 9.17) is 16.3 Å². The number of halogens is 1. The number of carboxylic acid groups (broad SMARTS) is 1. The highest BCUT2D eigenvalue weighted by Gasteiger charge is 2.31. The van der Waals surface area contributed by atoms with E-state index < -0.39 is 33.5 Å². The molecule has 1 aromatic rings. The molecular formula is C19H26ClN3O6S2. The first-order valence-electron chi connectivity index (χ1n) is 9.35. The minimum absolute atomic E-state index is 0.0294. The first-order valence-corrected chi connectivity index (χ1v) is 12.5. The van der Waals surface area contributed by atoms with Gasteiger partial charge in [0.2, 0.25) is 0 Å². The van der Waals surface area contributed by atoms with Crippen molar-refractivity contribution in [3.63, 3.8) is 0 Å². The monoisotopic (exact) mass is 491 g/mol. The molecule has 3 atom stereocenters. The molecule has 1 aliphatic rings. The molecule has 1 heterocycles. The normalized spacial score (nSPS) is 20.1. The highest BCUT2D eigenvalue weighted by atomic mass is 35.5. The number of carbonyl (C=O) groups excluding carboxylic acids is 1. The second-order valence-corrected chi connectivity index (χ2v) is 11.6. The molecule has 1 aromatic carbocycles. The lowest BCUT2D eigenvalue weighted by molar-refractivity contribution is -0.142. The Hall–Kier alpha value is -1.82. The molecule has 1 aliphatic heterocycles. The molecule has 2 amide bonds. The molecule has 0 spiro atoms. The summed E-state index contributed by atoms with van der Waals surface area (Å²) >= 11 is 7.25. The molecule has 3 N–H and O–H groups in total. The number of carbonyl (C=O) groups is 2. The second kappa shape index (κ2) is 9.76. The SMILES string of the molecule is CC1N=C(NC(=O)N[C@@H](COC(C)(C)C)C(=O)O)SC1c1ccc(Cl)c(S(C)(=O)=O)c1. The van der Waals surface area contributed by atoms with Crippen molar-refractivity contribution in [2.75, 3.05) is 12.9 Å². The summed E-state index contributed by atoms with van der Waals surface area (Å²) in [5, 5.41) is 14.4. The van der Waals surface area contributed by atoms with Crippen molar-refractivity contribution in [2.24, 2.45) is 4.99 Å². The molecule has 0 bridgehead atoms. The predicted octanol–water partition coefficient (Wildman–Crippen LogP) is 2.84. The van der Waals surface area contributed by atoms with Gasteiger partial charge in [-0.05, 0) is 45.4 Å². The number of hydrogen-bond donors (Lipinski definition) is 3. The number of thioether (sulfide) groups is 1. The summed E-state index contributed by atoms with van der Waals surface area (Å²) in [6.07, 6.45) is 1.08. The summed E-state index contributed by atoms with van der Waals surface area (Å²) in [7, 11) is -3.50. The summed E-state index contributed by atoms with van der Waals surface area (Å²) < 4.78 is 29.3. The van der Waals surface area contributed by atoms with Crippen LogP contribution in [-0.2, 0) is 19.4 Å². The van der Waals surface area contributed by atoms with Crippen LogP contribution in [0.1, 0.15) is 38.5 Å². The Morgan fingerprint density at radius 2 is 2.00 bits per heavy atom. The lowest BCUT2D eigenvalue weighted by atomic mass is 10.1. The Labute approximate surface area is 190 Å². The van der Waals surface area contributed by atoms with Gasteiger partial charge >= 0.3 is 12.0 Å². The molecule has 172 valence electrons. The zero-order valence-electron chi connectivity index (χ0n) is 17.8. The average Bonchev–Trinajstić information content (AvgIpc) is 2.97. The lowest BCUT2D eigenvalue weighted by Gasteiger charge is -2.23. The Kier molecular flexibility index (Phi) is 8.01. The van der Waals surface area contributed by atoms with E-state index in [-0.39, 0.29) is 27.8 Å². The first-order chi connectivity index (χ1) is 14.2. The number of nitrogens with zero attached hydrogens (tertiary/aromatic N) is 1. The maximum atomic E-state index is 12.3. The van der Waals surface area contributed by atoms with E-state index in [1.807, 2.05) is 6.92 Å². The Bertz CT molecular complexity index is 991. The fourth-order valence-electron chi connectivity index (χ4n) is 2.69. The van der Waals surface area contributed by atoms with Crippen molar-refractivity contribution in [1.82, 2.24) is 10.6 Å². The summed E-state index contributed by atoms with van der Waals surface area (Å²) in [5.41, 5.74) is 0.147. The van der Waals surface area contributed by atoms with Crippen LogP contribution in [0.4, 0.5) is 4.79 Å². The van der Waals surface area contributed by atoms with Crippen LogP contribution in [0.3, 0.4) is 0 Å². The highest BCUT2D eigenvalue weighted by Crippen LogP contribution is 2.40. The number of hydrogen-bond acceptors (Lipinski definition) is 7. The fraction of sp³-hybridized carbons (Fsp3) is 0.526. The smallest absolute Gasteiger partial charge is 0.328 e. The summed E-state index contributed by atoms with van der Waals surface area (Å²) in [4.78, 5) is 28.1. The minimum atomic E-state index is -3.50. The fourth-order valence-corrected chi connectivity index (χ4v) is 5.16. The van der Waals surface area contributed by atoms with Gasteiger partial charge < -0.3 is 15.2 Å². The number of sulfone groups is 1. The van der Waals surface area contributed by atoms with Crippen LogP contribution in [-0.4, -0.2) is 61.2 Å². The van der Waals surface area contributed by atoms with E-state index in [0.717, 1.165) is 6.26 Å². The number of amidine groups is 1. The van der Waals surface area contributed by atoms with Crippen molar-refractivity contribution in [3.05, 3.63) is 28.8 Å². The van der Waals surface area contributed by atoms with E-state index in [1.54, 1.807) is 26.8 Å². The van der Waals surface area contributed by atoms with Crippen LogP contribution in [0.5, 0.6) is 0 Å². The number of nitrogens with one attached hydrogen (secondary N) is 2. The van der Waals surface area contributed by atoms with E-state index in [2.05, 4.69) is 15.6 Å². The third kappa shape index (κ3) is 7.37. The number of aliphatic imine (C=N–C) groups is 1. The number of benzene rings is 1. The molecular weight excluding hydrogens is 466 g/mol. The Morgan fingerprint density at radius 3 is 2.55 bits per heavy atom. The van der Waals surface area contributed by atoms with Crippen molar-refractivity contribution in [2.45, 2.75) is 55.5 Å². The van der Waals surface area contributed by atoms with Gasteiger partial charge in [0.05, 0.1) is 33.4 Å². The van der Waals surface area contributed by atoms with E-state index in [0.29, 0.717) is 10.7 Å². The Morgan fingerprint density at radius 1 is 1.35 bits per heavy atom. The van der Waals surface area contributed by atoms with Gasteiger partial charge in [-0.2, -0.15) is 0 Å². The van der Waals surface area contributed by atoms with Crippen LogP contribution in [0.25, 0.3) is 0 Å². The molecule has 0 saturated heterocycles. The van der Waals surface area contributed by atoms with Crippen LogP contribution < -0.4 is 10.6 Å². The van der Waals surface area contributed by atoms with Crippen LogP contribution in [0, 0.1) is 0 Å². The van der Waals surface area contributed by atoms with Gasteiger partial charge in [-0.1, -0.05) is 29.4 Å². The number of aliphatic carboxylic acids is 1. The van der Waals surface area contributed by atoms with Crippen molar-refractivity contribution < 1.29 is 27.9 Å². The number of ether oxygens (including phenoxy) is 1. The molecule has 2 rings (SSSR count). The van der Waals surface area contributed by atoms with Crippen LogP contribution >= 0.6 is 23.4 Å². The minimum Gasteiger partial charge on any atom is -0.480 e. The molecule has 0 radical (unpaired) electrons. The quantitative estimate of drug-likeness (QED) is 0.556. The van der Waals surface area contributed by atoms with Gasteiger partial charge in [0.1, 0.15) is 0 Å². The summed E-state index contributed by atoms with van der Waals surface area (Å²) in [6.45, 7) is 6.98. The Balaban J connectivity index is 2.05. The zero-order valence-corrected chi connectivity index (χ0v) is 20.2. The standard InChI is InChI=1S/C19H26ClN3O6S2/c1-10-15(11-6-7-12(20)14(8-11)31(5,27)28)30-18(21-10)23-17(26)22-13(16(24)25)9-29-19(2,3)4/h6-8,10,13,15H,9H2,1-5H3,(H,24,25)(H2,21,22,23,26)/t10?,13-,15?/m0/s1. The second-order valence-electron chi connectivity index (χ2n) is 8.09. The molecule has 9 nitrogen and oxygen atoms in total. The number of rotatable bonds is 6. The van der Waals surface area contributed by atoms with Gasteiger partial charge in [0.25, 0.3) is 0 Å². The number of urea groups is 1. The van der Waals surface area contributed by atoms with Gasteiger partial charge in [-0.25, -0.2) is 18.0 Å². The largest absolute Gasteiger partial charge is 0.480 e. The third-order valence-electron chi connectivity index (χ3n) is 4.19. The molecule has 0 saturated carbocycles. The van der Waals surface area contributed by atoms with Gasteiger partial charge in [-0.15, -0.1) is 0 Å². The maximum absolute atomic E-state index is 12.3. The van der Waals surface area contributed by atoms with Gasteiger partial charge in [-0.3, -0.25) is 10.3 Å². The average molecular weight is 492 g/mol. The summed E-state index contributed by atoms with van der Waals surface area (Å²) in [6, 6.07) is 2.53. The molecule has 0 fully saturated rings. The van der Waals surface area contributed by atoms with E-state index >= 15 is 0 Å². The number of carboxylic acids is 1. The third-order valence-corrected chi connectivity index (χ3v) is 7.12. The summed E-state index contributed by atoms with van der Waals surface area (Å²) in [5.74, 6) is -1.22. The van der Waals surface area contributed by atoms with Gasteiger partial charge in [0, 0.05) is 6.26 Å². The lowest BCUT2D eigenvalue weighted by Crippen LogP contribution is -2.50. The first kappa shape index (κ1) is 25.4. The van der Waals surface area contributed by atoms with Crippen LogP contribution in [0.15, 0.2) is 28.1 Å². The van der Waals surface area contributed by atoms with Crippen LogP contribution in [0.2, 0.25) is 5.02 Å². The van der Waals surface area contributed by atoms with E-state index in [1.165, 1.54) is 23.9 Å². The zero-order chi connectivity index (χ0) is 23.6. The topological polar surface area (TPSA) is 134 Å². The van der Waals surface area contributed by atoms with Crippen molar-refractivity contribution in [1.29, 1.82) is 0 Å². The molecule has 0 aromatic heterocycles. The van der Waals surface area contributed by atoms with Gasteiger partial charge in [0.15, 0.2) is 21.0 Å². The molecule has 12 heteroatoms.